The normalized spacial score (nSPS) is 23.2. The number of rotatable bonds is 4. The van der Waals surface area contributed by atoms with Crippen LogP contribution in [0.25, 0.3) is 0 Å². The maximum absolute atomic E-state index is 4.49. The summed E-state index contributed by atoms with van der Waals surface area (Å²) in [5.41, 5.74) is 0. The summed E-state index contributed by atoms with van der Waals surface area (Å²) in [4.78, 5) is 5.87. The minimum atomic E-state index is 0.384. The predicted octanol–water partition coefficient (Wildman–Crippen LogP) is 2.11. The van der Waals surface area contributed by atoms with Crippen molar-refractivity contribution >= 4 is 11.3 Å². The molecule has 0 bridgehead atoms. The van der Waals surface area contributed by atoms with Crippen molar-refractivity contribution in [1.29, 1.82) is 0 Å². The smallest absolute Gasteiger partial charge is 0.109 e. The molecule has 90 valence electrons. The second kappa shape index (κ2) is 5.75. The molecule has 2 unspecified atom stereocenters. The molecule has 2 rings (SSSR count). The van der Waals surface area contributed by atoms with Crippen LogP contribution in [0.15, 0.2) is 6.20 Å². The van der Waals surface area contributed by atoms with E-state index in [0.717, 1.165) is 13.0 Å². The first-order valence-electron chi connectivity index (χ1n) is 6.21. The second-order valence-corrected chi connectivity index (χ2v) is 5.60. The summed E-state index contributed by atoms with van der Waals surface area (Å²) in [6.07, 6.45) is 5.67. The number of nitrogens with one attached hydrogen (secondary N) is 2. The minimum Gasteiger partial charge on any atom is -0.315 e. The molecule has 2 atom stereocenters. The Kier molecular flexibility index (Phi) is 4.32. The van der Waals surface area contributed by atoms with Crippen molar-refractivity contribution in [3.8, 4) is 0 Å². The molecule has 4 heteroatoms. The van der Waals surface area contributed by atoms with Gasteiger partial charge >= 0.3 is 0 Å². The van der Waals surface area contributed by atoms with Crippen LogP contribution in [0.5, 0.6) is 0 Å². The Morgan fingerprint density at radius 2 is 2.56 bits per heavy atom. The zero-order chi connectivity index (χ0) is 11.4. The summed E-state index contributed by atoms with van der Waals surface area (Å²) >= 11 is 1.84. The van der Waals surface area contributed by atoms with Crippen LogP contribution in [0.2, 0.25) is 0 Å². The first kappa shape index (κ1) is 12.0. The van der Waals surface area contributed by atoms with Gasteiger partial charge in [-0.2, -0.15) is 0 Å². The molecule has 0 saturated carbocycles. The molecule has 1 aliphatic rings. The lowest BCUT2D eigenvalue weighted by Crippen LogP contribution is -2.43. The summed E-state index contributed by atoms with van der Waals surface area (Å²) in [7, 11) is 0. The Morgan fingerprint density at radius 1 is 1.69 bits per heavy atom. The Balaban J connectivity index is 1.88. The van der Waals surface area contributed by atoms with E-state index in [2.05, 4.69) is 29.5 Å². The van der Waals surface area contributed by atoms with Gasteiger partial charge in [0.05, 0.1) is 6.04 Å². The van der Waals surface area contributed by atoms with Crippen LogP contribution in [0.4, 0.5) is 0 Å². The lowest BCUT2D eigenvalue weighted by atomic mass is 10.1. The van der Waals surface area contributed by atoms with Crippen molar-refractivity contribution in [3.63, 3.8) is 0 Å². The van der Waals surface area contributed by atoms with E-state index in [9.17, 15) is 0 Å². The van der Waals surface area contributed by atoms with Gasteiger partial charge in [0.15, 0.2) is 0 Å². The Labute approximate surface area is 102 Å². The molecule has 1 aromatic heterocycles. The van der Waals surface area contributed by atoms with E-state index in [-0.39, 0.29) is 0 Å². The topological polar surface area (TPSA) is 37.0 Å². The standard InChI is InChI=1S/C12H21N3S/c1-3-11-8-14-12(16-11)9(2)15-10-5-4-6-13-7-10/h8-10,13,15H,3-7H2,1-2H3. The summed E-state index contributed by atoms with van der Waals surface area (Å²) in [6, 6.07) is 0.993. The average molecular weight is 239 g/mol. The summed E-state index contributed by atoms with van der Waals surface area (Å²) in [5.74, 6) is 0. The third-order valence-corrected chi connectivity index (χ3v) is 4.40. The van der Waals surface area contributed by atoms with Crippen molar-refractivity contribution in [2.24, 2.45) is 0 Å². The molecule has 0 aromatic carbocycles. The van der Waals surface area contributed by atoms with Crippen LogP contribution in [0.3, 0.4) is 0 Å². The monoisotopic (exact) mass is 239 g/mol. The first-order valence-corrected chi connectivity index (χ1v) is 7.02. The molecule has 1 aliphatic heterocycles. The molecule has 0 radical (unpaired) electrons. The fourth-order valence-electron chi connectivity index (χ4n) is 2.11. The average Bonchev–Trinajstić information content (AvgIpc) is 2.79. The predicted molar refractivity (Wildman–Crippen MR) is 68.9 cm³/mol. The van der Waals surface area contributed by atoms with Gasteiger partial charge in [-0.05, 0) is 32.7 Å². The van der Waals surface area contributed by atoms with Crippen molar-refractivity contribution in [2.75, 3.05) is 13.1 Å². The SMILES string of the molecule is CCc1cnc(C(C)NC2CCCNC2)s1. The maximum Gasteiger partial charge on any atom is 0.109 e. The molecule has 16 heavy (non-hydrogen) atoms. The van der Waals surface area contributed by atoms with Gasteiger partial charge in [0.25, 0.3) is 0 Å². The number of nitrogens with zero attached hydrogens (tertiary/aromatic N) is 1. The Morgan fingerprint density at radius 3 is 3.19 bits per heavy atom. The van der Waals surface area contributed by atoms with Crippen molar-refractivity contribution in [1.82, 2.24) is 15.6 Å². The number of aryl methyl sites for hydroxylation is 1. The summed E-state index contributed by atoms with van der Waals surface area (Å²) < 4.78 is 0. The quantitative estimate of drug-likeness (QED) is 0.845. The molecular weight excluding hydrogens is 218 g/mol. The van der Waals surface area contributed by atoms with E-state index in [1.165, 1.54) is 29.3 Å². The molecule has 0 spiro atoms. The molecule has 3 nitrogen and oxygen atoms in total. The van der Waals surface area contributed by atoms with Crippen LogP contribution in [-0.2, 0) is 6.42 Å². The number of hydrogen-bond donors (Lipinski definition) is 2. The van der Waals surface area contributed by atoms with E-state index in [0.29, 0.717) is 12.1 Å². The zero-order valence-corrected chi connectivity index (χ0v) is 10.9. The van der Waals surface area contributed by atoms with Crippen molar-refractivity contribution < 1.29 is 0 Å². The fourth-order valence-corrected chi connectivity index (χ4v) is 2.97. The first-order chi connectivity index (χ1) is 7.79. The van der Waals surface area contributed by atoms with E-state index in [1.807, 2.05) is 17.5 Å². The number of thiazole rings is 1. The van der Waals surface area contributed by atoms with E-state index in [4.69, 9.17) is 0 Å². The second-order valence-electron chi connectivity index (χ2n) is 4.45. The van der Waals surface area contributed by atoms with Gasteiger partial charge < -0.3 is 10.6 Å². The molecule has 1 aromatic rings. The Bertz CT molecular complexity index is 318. The molecule has 0 amide bonds. The Hall–Kier alpha value is -0.450. The van der Waals surface area contributed by atoms with E-state index >= 15 is 0 Å². The van der Waals surface area contributed by atoms with Crippen LogP contribution < -0.4 is 10.6 Å². The lowest BCUT2D eigenvalue weighted by molar-refractivity contribution is 0.361. The third-order valence-electron chi connectivity index (χ3n) is 3.07. The highest BCUT2D eigenvalue weighted by Gasteiger charge is 2.17. The lowest BCUT2D eigenvalue weighted by Gasteiger charge is -2.26. The number of hydrogen-bond acceptors (Lipinski definition) is 4. The van der Waals surface area contributed by atoms with Crippen LogP contribution in [-0.4, -0.2) is 24.1 Å². The van der Waals surface area contributed by atoms with Gasteiger partial charge in [-0.3, -0.25) is 0 Å². The zero-order valence-electron chi connectivity index (χ0n) is 10.1. The molecule has 1 fully saturated rings. The number of aromatic nitrogens is 1. The fraction of sp³-hybridized carbons (Fsp3) is 0.750. The number of piperidine rings is 1. The van der Waals surface area contributed by atoms with Gasteiger partial charge in [-0.1, -0.05) is 6.92 Å². The van der Waals surface area contributed by atoms with Crippen LogP contribution in [0, 0.1) is 0 Å². The summed E-state index contributed by atoms with van der Waals surface area (Å²) in [5, 5.41) is 8.31. The molecule has 1 saturated heterocycles. The van der Waals surface area contributed by atoms with Crippen LogP contribution >= 0.6 is 11.3 Å². The van der Waals surface area contributed by atoms with Crippen molar-refractivity contribution in [3.05, 3.63) is 16.1 Å². The molecular formula is C12H21N3S. The highest BCUT2D eigenvalue weighted by molar-refractivity contribution is 7.11. The molecule has 0 aliphatic carbocycles. The van der Waals surface area contributed by atoms with Crippen molar-refractivity contribution in [2.45, 2.75) is 45.2 Å². The molecule has 2 N–H and O–H groups in total. The van der Waals surface area contributed by atoms with Gasteiger partial charge in [-0.25, -0.2) is 4.98 Å². The highest BCUT2D eigenvalue weighted by atomic mass is 32.1. The van der Waals surface area contributed by atoms with E-state index in [1.54, 1.807) is 0 Å². The van der Waals surface area contributed by atoms with Gasteiger partial charge in [-0.15, -0.1) is 11.3 Å². The van der Waals surface area contributed by atoms with Gasteiger partial charge in [0, 0.05) is 23.7 Å². The highest BCUT2D eigenvalue weighted by Crippen LogP contribution is 2.21. The third kappa shape index (κ3) is 3.03. The maximum atomic E-state index is 4.49. The largest absolute Gasteiger partial charge is 0.315 e. The van der Waals surface area contributed by atoms with Crippen LogP contribution in [0.1, 0.15) is 42.6 Å². The molecule has 2 heterocycles. The van der Waals surface area contributed by atoms with Gasteiger partial charge in [0.1, 0.15) is 5.01 Å². The minimum absolute atomic E-state index is 0.384. The van der Waals surface area contributed by atoms with E-state index < -0.39 is 0 Å². The summed E-state index contributed by atoms with van der Waals surface area (Å²) in [6.45, 7) is 6.66. The van der Waals surface area contributed by atoms with Gasteiger partial charge in [0.2, 0.25) is 0 Å².